The number of benzene rings is 2. The van der Waals surface area contributed by atoms with Gasteiger partial charge in [0.15, 0.2) is 22.1 Å². The van der Waals surface area contributed by atoms with Gasteiger partial charge in [-0.3, -0.25) is 14.5 Å². The van der Waals surface area contributed by atoms with E-state index in [4.69, 9.17) is 26.4 Å². The van der Waals surface area contributed by atoms with Gasteiger partial charge < -0.3 is 19.5 Å². The normalized spacial score (nSPS) is 13.1. The van der Waals surface area contributed by atoms with Crippen LogP contribution in [0.5, 0.6) is 17.2 Å². The summed E-state index contributed by atoms with van der Waals surface area (Å²) in [6, 6.07) is 13.1. The molecular formula is C22H24N4O4S. The van der Waals surface area contributed by atoms with Crippen molar-refractivity contribution in [2.75, 3.05) is 13.4 Å². The Morgan fingerprint density at radius 1 is 1.26 bits per heavy atom. The molecule has 1 unspecified atom stereocenters. The SMILES string of the molecule is CCOc1ccc(-c2n[nH]c(=S)n2CCC(=O)NC(C)c2ccc3c(c2)OCO3)cc1. The molecule has 1 aliphatic rings. The first-order valence-corrected chi connectivity index (χ1v) is 10.5. The van der Waals surface area contributed by atoms with Gasteiger partial charge in [0.25, 0.3) is 0 Å². The lowest BCUT2D eigenvalue weighted by atomic mass is 10.1. The number of carbonyl (C=O) groups is 1. The third kappa shape index (κ3) is 4.72. The Labute approximate surface area is 185 Å². The number of ether oxygens (including phenoxy) is 3. The summed E-state index contributed by atoms with van der Waals surface area (Å²) in [5.41, 5.74) is 1.84. The summed E-state index contributed by atoms with van der Waals surface area (Å²) in [5.74, 6) is 2.82. The highest BCUT2D eigenvalue weighted by molar-refractivity contribution is 7.71. The zero-order valence-electron chi connectivity index (χ0n) is 17.4. The zero-order chi connectivity index (χ0) is 21.8. The van der Waals surface area contributed by atoms with Gasteiger partial charge in [-0.15, -0.1) is 0 Å². The number of amides is 1. The summed E-state index contributed by atoms with van der Waals surface area (Å²) in [6.45, 7) is 5.12. The second-order valence-electron chi connectivity index (χ2n) is 7.11. The molecule has 0 radical (unpaired) electrons. The smallest absolute Gasteiger partial charge is 0.231 e. The van der Waals surface area contributed by atoms with Crippen LogP contribution in [0.3, 0.4) is 0 Å². The maximum atomic E-state index is 12.6. The van der Waals surface area contributed by atoms with Gasteiger partial charge in [0.05, 0.1) is 12.6 Å². The molecule has 0 bridgehead atoms. The van der Waals surface area contributed by atoms with Gasteiger partial charge in [0.1, 0.15) is 5.75 Å². The molecule has 0 aliphatic carbocycles. The van der Waals surface area contributed by atoms with Gasteiger partial charge in [-0.1, -0.05) is 6.07 Å². The minimum Gasteiger partial charge on any atom is -0.494 e. The van der Waals surface area contributed by atoms with Crippen molar-refractivity contribution in [2.24, 2.45) is 0 Å². The van der Waals surface area contributed by atoms with E-state index in [2.05, 4.69) is 15.5 Å². The van der Waals surface area contributed by atoms with E-state index in [0.29, 0.717) is 29.5 Å². The number of nitrogens with zero attached hydrogens (tertiary/aromatic N) is 2. The van der Waals surface area contributed by atoms with Crippen molar-refractivity contribution in [3.8, 4) is 28.6 Å². The molecule has 9 heteroatoms. The number of rotatable bonds is 8. The van der Waals surface area contributed by atoms with E-state index in [9.17, 15) is 4.79 Å². The van der Waals surface area contributed by atoms with E-state index in [-0.39, 0.29) is 25.2 Å². The van der Waals surface area contributed by atoms with Crippen molar-refractivity contribution in [3.05, 3.63) is 52.8 Å². The quantitative estimate of drug-likeness (QED) is 0.515. The summed E-state index contributed by atoms with van der Waals surface area (Å²) in [6.07, 6.45) is 0.271. The molecule has 1 aromatic heterocycles. The topological polar surface area (TPSA) is 90.4 Å². The maximum Gasteiger partial charge on any atom is 0.231 e. The summed E-state index contributed by atoms with van der Waals surface area (Å²) in [4.78, 5) is 12.6. The van der Waals surface area contributed by atoms with Gasteiger partial charge >= 0.3 is 0 Å². The number of hydrogen-bond acceptors (Lipinski definition) is 6. The highest BCUT2D eigenvalue weighted by Crippen LogP contribution is 2.34. The molecule has 2 heterocycles. The molecule has 0 saturated carbocycles. The number of hydrogen-bond donors (Lipinski definition) is 2. The first kappa shape index (κ1) is 20.9. The van der Waals surface area contributed by atoms with Crippen LogP contribution in [0, 0.1) is 4.77 Å². The fraction of sp³-hybridized carbons (Fsp3) is 0.318. The van der Waals surface area contributed by atoms with Crippen LogP contribution in [0.1, 0.15) is 31.9 Å². The van der Waals surface area contributed by atoms with Gasteiger partial charge in [0.2, 0.25) is 12.7 Å². The summed E-state index contributed by atoms with van der Waals surface area (Å²) < 4.78 is 18.5. The van der Waals surface area contributed by atoms with Gasteiger partial charge in [0, 0.05) is 18.5 Å². The Bertz CT molecular complexity index is 1120. The van der Waals surface area contributed by atoms with E-state index in [0.717, 1.165) is 22.6 Å². The molecule has 0 saturated heterocycles. The molecule has 0 fully saturated rings. The van der Waals surface area contributed by atoms with Gasteiger partial charge in [-0.25, -0.2) is 0 Å². The van der Waals surface area contributed by atoms with Crippen molar-refractivity contribution in [1.29, 1.82) is 0 Å². The zero-order valence-corrected chi connectivity index (χ0v) is 18.2. The average Bonchev–Trinajstić information content (AvgIpc) is 3.39. The molecule has 1 amide bonds. The van der Waals surface area contributed by atoms with Crippen molar-refractivity contribution in [3.63, 3.8) is 0 Å². The van der Waals surface area contributed by atoms with Crippen molar-refractivity contribution < 1.29 is 19.0 Å². The average molecular weight is 441 g/mol. The minimum atomic E-state index is -0.162. The number of fused-ring (bicyclic) bond motifs is 1. The van der Waals surface area contributed by atoms with Crippen LogP contribution in [-0.2, 0) is 11.3 Å². The second kappa shape index (κ2) is 9.22. The number of nitrogens with one attached hydrogen (secondary N) is 2. The Morgan fingerprint density at radius 2 is 2.03 bits per heavy atom. The lowest BCUT2D eigenvalue weighted by Crippen LogP contribution is -2.27. The highest BCUT2D eigenvalue weighted by atomic mass is 32.1. The second-order valence-corrected chi connectivity index (χ2v) is 7.50. The molecule has 1 atom stereocenters. The Hall–Kier alpha value is -3.33. The Kier molecular flexibility index (Phi) is 6.22. The maximum absolute atomic E-state index is 12.6. The number of carbonyl (C=O) groups excluding carboxylic acids is 1. The largest absolute Gasteiger partial charge is 0.494 e. The van der Waals surface area contributed by atoms with E-state index in [1.54, 1.807) is 0 Å². The third-order valence-corrected chi connectivity index (χ3v) is 5.33. The predicted molar refractivity (Wildman–Crippen MR) is 118 cm³/mol. The summed E-state index contributed by atoms with van der Waals surface area (Å²) >= 11 is 5.37. The van der Waals surface area contributed by atoms with Gasteiger partial charge in [-0.2, -0.15) is 5.10 Å². The van der Waals surface area contributed by atoms with Crippen LogP contribution >= 0.6 is 12.2 Å². The number of H-pyrrole nitrogens is 1. The van der Waals surface area contributed by atoms with Crippen LogP contribution in [-0.4, -0.2) is 34.1 Å². The van der Waals surface area contributed by atoms with Crippen LogP contribution in [0.25, 0.3) is 11.4 Å². The van der Waals surface area contributed by atoms with E-state index < -0.39 is 0 Å². The monoisotopic (exact) mass is 440 g/mol. The lowest BCUT2D eigenvalue weighted by molar-refractivity contribution is -0.121. The molecule has 8 nitrogen and oxygen atoms in total. The van der Waals surface area contributed by atoms with E-state index in [1.165, 1.54) is 0 Å². The molecule has 2 aromatic carbocycles. The van der Waals surface area contributed by atoms with Crippen LogP contribution in [0.15, 0.2) is 42.5 Å². The fourth-order valence-corrected chi connectivity index (χ4v) is 3.63. The molecule has 3 aromatic rings. The predicted octanol–water partition coefficient (Wildman–Crippen LogP) is 4.00. The van der Waals surface area contributed by atoms with Crippen molar-refractivity contribution in [2.45, 2.75) is 32.9 Å². The Morgan fingerprint density at radius 3 is 2.81 bits per heavy atom. The van der Waals surface area contributed by atoms with E-state index >= 15 is 0 Å². The van der Waals surface area contributed by atoms with Crippen LogP contribution < -0.4 is 19.5 Å². The molecule has 162 valence electrons. The van der Waals surface area contributed by atoms with E-state index in [1.807, 2.05) is 60.9 Å². The summed E-state index contributed by atoms with van der Waals surface area (Å²) in [5, 5.41) is 10.2. The first-order valence-electron chi connectivity index (χ1n) is 10.1. The minimum absolute atomic E-state index is 0.0779. The third-order valence-electron chi connectivity index (χ3n) is 5.02. The first-order chi connectivity index (χ1) is 15.0. The number of aromatic nitrogens is 3. The van der Waals surface area contributed by atoms with Crippen molar-refractivity contribution in [1.82, 2.24) is 20.1 Å². The molecule has 1 aliphatic heterocycles. The summed E-state index contributed by atoms with van der Waals surface area (Å²) in [7, 11) is 0. The highest BCUT2D eigenvalue weighted by Gasteiger charge is 2.17. The standard InChI is InChI=1S/C22H24N4O4S/c1-3-28-17-7-4-15(5-8-17)21-24-25-22(31)26(21)11-10-20(27)23-14(2)16-6-9-18-19(12-16)30-13-29-18/h4-9,12,14H,3,10-11,13H2,1-2H3,(H,23,27)(H,25,31). The van der Waals surface area contributed by atoms with Crippen molar-refractivity contribution >= 4 is 18.1 Å². The van der Waals surface area contributed by atoms with Gasteiger partial charge in [-0.05, 0) is 68.0 Å². The molecule has 0 spiro atoms. The number of aromatic amines is 1. The lowest BCUT2D eigenvalue weighted by Gasteiger charge is -2.15. The molecule has 2 N–H and O–H groups in total. The molecule has 4 rings (SSSR count). The Balaban J connectivity index is 1.39. The molecule has 31 heavy (non-hydrogen) atoms. The fourth-order valence-electron chi connectivity index (χ4n) is 3.41. The molecular weight excluding hydrogens is 416 g/mol. The van der Waals surface area contributed by atoms with Crippen LogP contribution in [0.2, 0.25) is 0 Å². The van der Waals surface area contributed by atoms with Crippen LogP contribution in [0.4, 0.5) is 0 Å².